The maximum absolute atomic E-state index is 14.6. The predicted molar refractivity (Wildman–Crippen MR) is 116 cm³/mol. The Balaban J connectivity index is 1.91. The van der Waals surface area contributed by atoms with Gasteiger partial charge in [-0.3, -0.25) is 0 Å². The third-order valence-electron chi connectivity index (χ3n) is 5.23. The Bertz CT molecular complexity index is 886. The molecule has 2 aromatic carbocycles. The number of rotatable bonds is 9. The average Bonchev–Trinajstić information content (AvgIpc) is 2.73. The summed E-state index contributed by atoms with van der Waals surface area (Å²) < 4.78 is 54.4. The van der Waals surface area contributed by atoms with Gasteiger partial charge in [-0.2, -0.15) is 0 Å². The molecule has 0 aromatic heterocycles. The molecule has 1 saturated carbocycles. The largest absolute Gasteiger partial charge is 0.433 e. The second-order valence-electron chi connectivity index (χ2n) is 7.53. The molecular weight excluding hydrogens is 405 g/mol. The molecule has 0 aliphatic heterocycles. The van der Waals surface area contributed by atoms with Crippen molar-refractivity contribution in [1.29, 1.82) is 0 Å². The molecule has 2 aromatic rings. The van der Waals surface area contributed by atoms with E-state index in [1.54, 1.807) is 24.3 Å². The summed E-state index contributed by atoms with van der Waals surface area (Å²) in [4.78, 5) is 0. The van der Waals surface area contributed by atoms with Crippen molar-refractivity contribution < 1.29 is 22.4 Å². The molecule has 160 valence electrons. The molecule has 3 rings (SSSR count). The van der Waals surface area contributed by atoms with Crippen molar-refractivity contribution in [1.82, 2.24) is 0 Å². The number of hydrogen-bond donors (Lipinski definition) is 0. The Hall–Kier alpha value is -2.39. The third kappa shape index (κ3) is 5.40. The van der Waals surface area contributed by atoms with Gasteiger partial charge in [0.1, 0.15) is 0 Å². The van der Waals surface area contributed by atoms with Crippen LogP contribution in [0.15, 0.2) is 61.7 Å². The lowest BCUT2D eigenvalue weighted by atomic mass is 10.0. The molecule has 0 N–H and O–H groups in total. The topological polar surface area (TPSA) is 35.5 Å². The van der Waals surface area contributed by atoms with E-state index in [2.05, 4.69) is 13.2 Å². The van der Waals surface area contributed by atoms with E-state index in [0.29, 0.717) is 25.7 Å². The van der Waals surface area contributed by atoms with Crippen LogP contribution in [0.2, 0.25) is 0 Å². The molecule has 0 heterocycles. The van der Waals surface area contributed by atoms with Crippen LogP contribution in [0.25, 0.3) is 0 Å². The quantitative estimate of drug-likeness (QED) is 0.306. The summed E-state index contributed by atoms with van der Waals surface area (Å²) >= 11 is 0. The van der Waals surface area contributed by atoms with Crippen LogP contribution in [0.3, 0.4) is 0 Å². The van der Waals surface area contributed by atoms with Gasteiger partial charge in [-0.1, -0.05) is 43.5 Å². The lowest BCUT2D eigenvalue weighted by molar-refractivity contribution is 0.336. The molecule has 0 atom stereocenters. The predicted octanol–water partition coefficient (Wildman–Crippen LogP) is 7.41. The number of hydrogen-bond acceptors (Lipinski definition) is 3. The molecule has 1 aliphatic carbocycles. The molecule has 1 aliphatic rings. The van der Waals surface area contributed by atoms with Crippen LogP contribution in [0, 0.1) is 11.6 Å². The lowest BCUT2D eigenvalue weighted by Crippen LogP contribution is -2.20. The van der Waals surface area contributed by atoms with Gasteiger partial charge in [-0.15, -0.1) is 13.2 Å². The zero-order valence-electron chi connectivity index (χ0n) is 17.0. The van der Waals surface area contributed by atoms with E-state index in [0.717, 1.165) is 30.4 Å². The zero-order chi connectivity index (χ0) is 21.6. The second-order valence-corrected chi connectivity index (χ2v) is 9.70. The highest BCUT2D eigenvalue weighted by Crippen LogP contribution is 2.57. The molecule has 30 heavy (non-hydrogen) atoms. The lowest BCUT2D eigenvalue weighted by Gasteiger charge is -2.30. The van der Waals surface area contributed by atoms with E-state index in [1.807, 2.05) is 0 Å². The molecule has 0 unspecified atom stereocenters. The SMILES string of the molecule is C=CCc1ccc(OP(=O)(Oc2ccc(CC=C)cc2F)C2CCCCC2)c(F)c1. The standard InChI is InChI=1S/C24H27F2O3P/c1-3-8-18-12-14-23(21(25)16-18)28-30(27,20-10-6-5-7-11-20)29-24-15-13-19(9-4-2)17-22(24)26/h3-4,12-17,20H,1-2,5-11H2. The molecule has 0 bridgehead atoms. The zero-order valence-corrected chi connectivity index (χ0v) is 17.9. The normalized spacial score (nSPS) is 14.9. The molecule has 0 amide bonds. The molecule has 6 heteroatoms. The molecule has 0 saturated heterocycles. The van der Waals surface area contributed by atoms with E-state index in [-0.39, 0.29) is 11.5 Å². The first kappa shape index (κ1) is 22.3. The fourth-order valence-electron chi connectivity index (χ4n) is 3.66. The van der Waals surface area contributed by atoms with Gasteiger partial charge in [-0.05, 0) is 61.1 Å². The molecular formula is C24H27F2O3P. The summed E-state index contributed by atoms with van der Waals surface area (Å²) in [6, 6.07) is 8.92. The summed E-state index contributed by atoms with van der Waals surface area (Å²) in [5, 5.41) is 0. The second kappa shape index (κ2) is 10.1. The van der Waals surface area contributed by atoms with Crippen LogP contribution < -0.4 is 9.05 Å². The van der Waals surface area contributed by atoms with Crippen molar-refractivity contribution in [3.8, 4) is 11.5 Å². The van der Waals surface area contributed by atoms with Crippen molar-refractivity contribution in [2.75, 3.05) is 0 Å². The van der Waals surface area contributed by atoms with Crippen LogP contribution in [-0.2, 0) is 17.4 Å². The van der Waals surface area contributed by atoms with Crippen LogP contribution in [0.1, 0.15) is 43.2 Å². The highest BCUT2D eigenvalue weighted by Gasteiger charge is 2.41. The highest BCUT2D eigenvalue weighted by molar-refractivity contribution is 7.55. The van der Waals surface area contributed by atoms with Crippen molar-refractivity contribution >= 4 is 7.60 Å². The summed E-state index contributed by atoms with van der Waals surface area (Å²) in [6.45, 7) is 7.28. The fourth-order valence-corrected chi connectivity index (χ4v) is 5.84. The molecule has 3 nitrogen and oxygen atoms in total. The van der Waals surface area contributed by atoms with Gasteiger partial charge in [0.05, 0.1) is 5.66 Å². The smallest absolute Gasteiger partial charge is 0.413 e. The number of benzene rings is 2. The van der Waals surface area contributed by atoms with Gasteiger partial charge < -0.3 is 9.05 Å². The first-order valence-electron chi connectivity index (χ1n) is 10.2. The monoisotopic (exact) mass is 432 g/mol. The Morgan fingerprint density at radius 3 is 1.73 bits per heavy atom. The summed E-state index contributed by atoms with van der Waals surface area (Å²) in [6.07, 6.45) is 8.41. The van der Waals surface area contributed by atoms with Crippen LogP contribution in [-0.4, -0.2) is 5.66 Å². The maximum Gasteiger partial charge on any atom is 0.433 e. The van der Waals surface area contributed by atoms with Crippen LogP contribution in [0.4, 0.5) is 8.78 Å². The highest BCUT2D eigenvalue weighted by atomic mass is 31.2. The third-order valence-corrected chi connectivity index (χ3v) is 7.54. The van der Waals surface area contributed by atoms with Crippen molar-refractivity contribution in [2.24, 2.45) is 0 Å². The molecule has 0 spiro atoms. The summed E-state index contributed by atoms with van der Waals surface area (Å²) in [7, 11) is -3.87. The first-order valence-corrected chi connectivity index (χ1v) is 11.8. The van der Waals surface area contributed by atoms with Crippen molar-refractivity contribution in [3.05, 3.63) is 84.5 Å². The minimum Gasteiger partial charge on any atom is -0.413 e. The van der Waals surface area contributed by atoms with Gasteiger partial charge in [0.2, 0.25) is 0 Å². The molecule has 0 radical (unpaired) electrons. The Morgan fingerprint density at radius 1 is 0.867 bits per heavy atom. The van der Waals surface area contributed by atoms with Crippen molar-refractivity contribution in [3.63, 3.8) is 0 Å². The van der Waals surface area contributed by atoms with E-state index >= 15 is 0 Å². The van der Waals surface area contributed by atoms with Gasteiger partial charge in [0, 0.05) is 0 Å². The van der Waals surface area contributed by atoms with E-state index in [4.69, 9.17) is 9.05 Å². The van der Waals surface area contributed by atoms with E-state index < -0.39 is 24.9 Å². The van der Waals surface area contributed by atoms with Crippen LogP contribution >= 0.6 is 7.60 Å². The first-order chi connectivity index (χ1) is 14.4. The van der Waals surface area contributed by atoms with E-state index in [9.17, 15) is 13.3 Å². The Morgan fingerprint density at radius 2 is 1.33 bits per heavy atom. The van der Waals surface area contributed by atoms with Gasteiger partial charge >= 0.3 is 7.60 Å². The number of halogens is 2. The fraction of sp³-hybridized carbons (Fsp3) is 0.333. The van der Waals surface area contributed by atoms with Crippen molar-refractivity contribution in [2.45, 2.75) is 50.6 Å². The van der Waals surface area contributed by atoms with Gasteiger partial charge in [0.25, 0.3) is 0 Å². The Kier molecular flexibility index (Phi) is 7.49. The maximum atomic E-state index is 14.6. The Labute approximate surface area is 177 Å². The number of allylic oxidation sites excluding steroid dienone is 2. The average molecular weight is 432 g/mol. The molecule has 1 fully saturated rings. The minimum atomic E-state index is -3.87. The summed E-state index contributed by atoms with van der Waals surface area (Å²) in [5.74, 6) is -1.56. The van der Waals surface area contributed by atoms with Gasteiger partial charge in [-0.25, -0.2) is 13.3 Å². The minimum absolute atomic E-state index is 0.152. The van der Waals surface area contributed by atoms with Crippen LogP contribution in [0.5, 0.6) is 11.5 Å². The van der Waals surface area contributed by atoms with Gasteiger partial charge in [0.15, 0.2) is 23.1 Å². The van der Waals surface area contributed by atoms with E-state index in [1.165, 1.54) is 24.3 Å². The summed E-state index contributed by atoms with van der Waals surface area (Å²) in [5.41, 5.74) is 1.05.